The van der Waals surface area contributed by atoms with Crippen molar-refractivity contribution in [2.24, 2.45) is 0 Å². The predicted octanol–water partition coefficient (Wildman–Crippen LogP) is 1.12. The van der Waals surface area contributed by atoms with E-state index in [1.165, 1.54) is 11.3 Å². The third-order valence-electron chi connectivity index (χ3n) is 5.36. The number of hydrogen-bond acceptors (Lipinski definition) is 6. The fourth-order valence-electron chi connectivity index (χ4n) is 3.90. The van der Waals surface area contributed by atoms with Gasteiger partial charge in [0.25, 0.3) is 5.91 Å². The van der Waals surface area contributed by atoms with E-state index in [0.717, 1.165) is 50.8 Å². The van der Waals surface area contributed by atoms with Crippen molar-refractivity contribution in [3.63, 3.8) is 0 Å². The molecule has 1 aliphatic carbocycles. The Morgan fingerprint density at radius 2 is 2.13 bits per heavy atom. The number of amides is 1. The van der Waals surface area contributed by atoms with E-state index in [2.05, 4.69) is 27.6 Å². The molecule has 0 bridgehead atoms. The summed E-state index contributed by atoms with van der Waals surface area (Å²) < 4.78 is 7.23. The average molecular weight is 416 g/mol. The van der Waals surface area contributed by atoms with Gasteiger partial charge >= 0.3 is 0 Å². The van der Waals surface area contributed by atoms with Crippen LogP contribution in [0.25, 0.3) is 0 Å². The highest BCUT2D eigenvalue weighted by molar-refractivity contribution is 5.94. The van der Waals surface area contributed by atoms with Crippen LogP contribution in [-0.2, 0) is 30.5 Å². The Bertz CT molecular complexity index is 794. The van der Waals surface area contributed by atoms with Crippen LogP contribution < -0.4 is 10.6 Å². The lowest BCUT2D eigenvalue weighted by Gasteiger charge is -2.24. The Morgan fingerprint density at radius 3 is 2.90 bits per heavy atom. The number of fused-ring (bicyclic) bond motifs is 1. The first kappa shape index (κ1) is 22.4. The van der Waals surface area contributed by atoms with Gasteiger partial charge in [-0.3, -0.25) is 14.5 Å². The van der Waals surface area contributed by atoms with E-state index in [0.29, 0.717) is 24.9 Å². The molecule has 0 saturated heterocycles. The normalized spacial score (nSPS) is 15.7. The summed E-state index contributed by atoms with van der Waals surface area (Å²) in [5.74, 6) is -0.147. The SMILES string of the molecule is CCCn1nc(C(=O)NCCOCCO)c2c1CCC(NCCc1ccncc1)C2. The molecule has 2 aromatic rings. The molecule has 0 aliphatic heterocycles. The van der Waals surface area contributed by atoms with Gasteiger partial charge in [-0.05, 0) is 56.3 Å². The van der Waals surface area contributed by atoms with Gasteiger partial charge in [0.05, 0.1) is 19.8 Å². The number of pyridine rings is 1. The molecule has 1 unspecified atom stereocenters. The van der Waals surface area contributed by atoms with Gasteiger partial charge in [-0.15, -0.1) is 0 Å². The van der Waals surface area contributed by atoms with E-state index in [4.69, 9.17) is 9.84 Å². The minimum Gasteiger partial charge on any atom is -0.394 e. The standard InChI is InChI=1S/C22H33N5O3/c1-2-12-27-20-4-3-18(24-10-7-17-5-8-23-9-6-17)16-19(20)21(26-27)22(29)25-11-14-30-15-13-28/h5-6,8-9,18,24,28H,2-4,7,10-16H2,1H3,(H,25,29). The minimum atomic E-state index is -0.147. The molecule has 2 aromatic heterocycles. The quantitative estimate of drug-likeness (QED) is 0.449. The zero-order valence-electron chi connectivity index (χ0n) is 17.8. The molecule has 0 fully saturated rings. The number of hydrogen-bond donors (Lipinski definition) is 3. The number of nitrogens with zero attached hydrogens (tertiary/aromatic N) is 3. The lowest BCUT2D eigenvalue weighted by Crippen LogP contribution is -2.37. The minimum absolute atomic E-state index is 0.0154. The summed E-state index contributed by atoms with van der Waals surface area (Å²) in [6.07, 6.45) is 8.39. The van der Waals surface area contributed by atoms with Crippen LogP contribution in [0.4, 0.5) is 0 Å². The van der Waals surface area contributed by atoms with Crippen molar-refractivity contribution < 1.29 is 14.6 Å². The smallest absolute Gasteiger partial charge is 0.272 e. The second kappa shape index (κ2) is 11.8. The zero-order chi connectivity index (χ0) is 21.2. The molecule has 8 heteroatoms. The number of aliphatic hydroxyl groups excluding tert-OH is 1. The van der Waals surface area contributed by atoms with Crippen LogP contribution in [0.15, 0.2) is 24.5 Å². The summed E-state index contributed by atoms with van der Waals surface area (Å²) in [7, 11) is 0. The van der Waals surface area contributed by atoms with Gasteiger partial charge in [0.1, 0.15) is 0 Å². The van der Waals surface area contributed by atoms with Crippen LogP contribution in [0, 0.1) is 0 Å². The van der Waals surface area contributed by atoms with Crippen molar-refractivity contribution in [1.29, 1.82) is 0 Å². The van der Waals surface area contributed by atoms with E-state index >= 15 is 0 Å². The molecule has 1 amide bonds. The van der Waals surface area contributed by atoms with Crippen LogP contribution >= 0.6 is 0 Å². The van der Waals surface area contributed by atoms with E-state index in [9.17, 15) is 4.79 Å². The zero-order valence-corrected chi connectivity index (χ0v) is 17.8. The molecule has 2 heterocycles. The van der Waals surface area contributed by atoms with Crippen LogP contribution in [0.5, 0.6) is 0 Å². The Hall–Kier alpha value is -2.29. The molecule has 8 nitrogen and oxygen atoms in total. The van der Waals surface area contributed by atoms with Crippen LogP contribution in [-0.4, -0.2) is 64.7 Å². The van der Waals surface area contributed by atoms with E-state index in [-0.39, 0.29) is 19.1 Å². The molecular weight excluding hydrogens is 382 g/mol. The summed E-state index contributed by atoms with van der Waals surface area (Å²) >= 11 is 0. The summed E-state index contributed by atoms with van der Waals surface area (Å²) in [5, 5.41) is 20.0. The van der Waals surface area contributed by atoms with E-state index in [1.54, 1.807) is 0 Å². The second-order valence-corrected chi connectivity index (χ2v) is 7.59. The van der Waals surface area contributed by atoms with Crippen molar-refractivity contribution in [2.45, 2.75) is 51.6 Å². The summed E-state index contributed by atoms with van der Waals surface area (Å²) in [6.45, 7) is 4.90. The fourth-order valence-corrected chi connectivity index (χ4v) is 3.90. The third-order valence-corrected chi connectivity index (χ3v) is 5.36. The van der Waals surface area contributed by atoms with Crippen LogP contribution in [0.3, 0.4) is 0 Å². The van der Waals surface area contributed by atoms with E-state index in [1.807, 2.05) is 29.2 Å². The highest BCUT2D eigenvalue weighted by atomic mass is 16.5. The van der Waals surface area contributed by atoms with Gasteiger partial charge in [-0.1, -0.05) is 6.92 Å². The number of carbonyl (C=O) groups excluding carboxylic acids is 1. The highest BCUT2D eigenvalue weighted by Gasteiger charge is 2.28. The number of rotatable bonds is 12. The van der Waals surface area contributed by atoms with Crippen molar-refractivity contribution in [2.75, 3.05) is 32.9 Å². The maximum atomic E-state index is 12.8. The molecule has 3 N–H and O–H groups in total. The third kappa shape index (κ3) is 6.10. The highest BCUT2D eigenvalue weighted by Crippen LogP contribution is 2.25. The van der Waals surface area contributed by atoms with Crippen molar-refractivity contribution in [3.05, 3.63) is 47.0 Å². The largest absolute Gasteiger partial charge is 0.394 e. The van der Waals surface area contributed by atoms with E-state index < -0.39 is 0 Å². The van der Waals surface area contributed by atoms with Crippen LogP contribution in [0.1, 0.15) is 47.1 Å². The summed E-state index contributed by atoms with van der Waals surface area (Å²) in [4.78, 5) is 16.8. The first-order valence-corrected chi connectivity index (χ1v) is 10.9. The number of aliphatic hydroxyl groups is 1. The average Bonchev–Trinajstić information content (AvgIpc) is 3.12. The number of carbonyl (C=O) groups is 1. The molecule has 0 saturated carbocycles. The summed E-state index contributed by atoms with van der Waals surface area (Å²) in [5.41, 5.74) is 4.09. The number of aryl methyl sites for hydroxylation is 1. The van der Waals surface area contributed by atoms with Crippen molar-refractivity contribution in [3.8, 4) is 0 Å². The van der Waals surface area contributed by atoms with Crippen LogP contribution in [0.2, 0.25) is 0 Å². The summed E-state index contributed by atoms with van der Waals surface area (Å²) in [6, 6.07) is 4.43. The lowest BCUT2D eigenvalue weighted by molar-refractivity contribution is 0.0834. The molecule has 1 atom stereocenters. The molecular formula is C22H33N5O3. The van der Waals surface area contributed by atoms with Crippen molar-refractivity contribution in [1.82, 2.24) is 25.4 Å². The Labute approximate surface area is 178 Å². The lowest BCUT2D eigenvalue weighted by atomic mass is 9.91. The molecule has 1 aliphatic rings. The van der Waals surface area contributed by atoms with Gasteiger partial charge in [-0.2, -0.15) is 5.10 Å². The van der Waals surface area contributed by atoms with Gasteiger partial charge in [0.15, 0.2) is 5.69 Å². The number of ether oxygens (including phenoxy) is 1. The Balaban J connectivity index is 1.60. The maximum absolute atomic E-state index is 12.8. The van der Waals surface area contributed by atoms with Gasteiger partial charge in [0, 0.05) is 42.8 Å². The Morgan fingerprint density at radius 1 is 1.30 bits per heavy atom. The maximum Gasteiger partial charge on any atom is 0.272 e. The number of aromatic nitrogens is 3. The van der Waals surface area contributed by atoms with Gasteiger partial charge in [0.2, 0.25) is 0 Å². The topological polar surface area (TPSA) is 101 Å². The molecule has 0 aromatic carbocycles. The van der Waals surface area contributed by atoms with Crippen molar-refractivity contribution >= 4 is 5.91 Å². The predicted molar refractivity (Wildman–Crippen MR) is 115 cm³/mol. The monoisotopic (exact) mass is 415 g/mol. The second-order valence-electron chi connectivity index (χ2n) is 7.59. The molecule has 0 spiro atoms. The molecule has 30 heavy (non-hydrogen) atoms. The Kier molecular flexibility index (Phi) is 8.80. The first-order chi connectivity index (χ1) is 14.7. The molecule has 164 valence electrons. The van der Waals surface area contributed by atoms with Gasteiger partial charge < -0.3 is 20.5 Å². The molecule has 3 rings (SSSR count). The first-order valence-electron chi connectivity index (χ1n) is 10.9. The fraction of sp³-hybridized carbons (Fsp3) is 0.591. The number of nitrogens with one attached hydrogen (secondary N) is 2. The van der Waals surface area contributed by atoms with Gasteiger partial charge in [-0.25, -0.2) is 0 Å². The molecule has 0 radical (unpaired) electrons.